The lowest BCUT2D eigenvalue weighted by atomic mass is 9.68. The van der Waals surface area contributed by atoms with Gasteiger partial charge in [-0.25, -0.2) is 4.39 Å². The second-order valence-corrected chi connectivity index (χ2v) is 7.96. The summed E-state index contributed by atoms with van der Waals surface area (Å²) in [6.07, 6.45) is 5.89. The summed E-state index contributed by atoms with van der Waals surface area (Å²) in [7, 11) is 0. The van der Waals surface area contributed by atoms with E-state index in [9.17, 15) is 14.0 Å². The van der Waals surface area contributed by atoms with Crippen LogP contribution in [0.3, 0.4) is 0 Å². The highest BCUT2D eigenvalue weighted by Crippen LogP contribution is 2.40. The maximum Gasteiger partial charge on any atom is 0.291 e. The molecule has 0 unspecified atom stereocenters. The first-order valence-electron chi connectivity index (χ1n) is 10.5. The Kier molecular flexibility index (Phi) is 6.16. The van der Waals surface area contributed by atoms with Crippen molar-refractivity contribution >= 4 is 17.5 Å². The first kappa shape index (κ1) is 20.8. The predicted octanol–water partition coefficient (Wildman–Crippen LogP) is 5.19. The molecule has 3 aromatic rings. The van der Waals surface area contributed by atoms with Crippen LogP contribution >= 0.6 is 0 Å². The van der Waals surface area contributed by atoms with Gasteiger partial charge in [-0.2, -0.15) is 0 Å². The normalized spacial score (nSPS) is 15.3. The number of amides is 2. The Morgan fingerprint density at radius 1 is 0.968 bits per heavy atom. The van der Waals surface area contributed by atoms with Gasteiger partial charge < -0.3 is 15.1 Å². The van der Waals surface area contributed by atoms with Gasteiger partial charge in [-0.05, 0) is 60.4 Å². The van der Waals surface area contributed by atoms with Crippen LogP contribution in [-0.4, -0.2) is 11.8 Å². The van der Waals surface area contributed by atoms with E-state index in [1.807, 2.05) is 18.2 Å². The number of anilines is 1. The number of furan rings is 1. The Bertz CT molecular complexity index is 1040. The van der Waals surface area contributed by atoms with E-state index in [0.717, 1.165) is 43.2 Å². The minimum atomic E-state index is -0.683. The highest BCUT2D eigenvalue weighted by atomic mass is 19.1. The van der Waals surface area contributed by atoms with E-state index in [1.165, 1.54) is 18.4 Å². The smallest absolute Gasteiger partial charge is 0.291 e. The molecule has 0 atom stereocenters. The highest BCUT2D eigenvalue weighted by molar-refractivity contribution is 6.02. The molecule has 1 aliphatic rings. The van der Waals surface area contributed by atoms with Gasteiger partial charge in [-0.15, -0.1) is 0 Å². The van der Waals surface area contributed by atoms with E-state index in [0.29, 0.717) is 12.2 Å². The summed E-state index contributed by atoms with van der Waals surface area (Å²) < 4.78 is 18.9. The number of carbonyl (C=O) groups is 2. The van der Waals surface area contributed by atoms with Crippen molar-refractivity contribution in [2.75, 3.05) is 5.32 Å². The van der Waals surface area contributed by atoms with E-state index >= 15 is 0 Å². The van der Waals surface area contributed by atoms with Crippen molar-refractivity contribution < 1.29 is 18.4 Å². The van der Waals surface area contributed by atoms with Crippen LogP contribution in [0.25, 0.3) is 0 Å². The number of halogens is 1. The number of carbonyl (C=O) groups excluding carboxylic acids is 2. The zero-order valence-corrected chi connectivity index (χ0v) is 17.2. The molecule has 1 aliphatic carbocycles. The monoisotopic (exact) mass is 420 g/mol. The van der Waals surface area contributed by atoms with E-state index < -0.39 is 5.41 Å². The highest BCUT2D eigenvalue weighted by Gasteiger charge is 2.41. The number of nitrogens with one attached hydrogen (secondary N) is 2. The third-order valence-electron chi connectivity index (χ3n) is 5.93. The third-order valence-corrected chi connectivity index (χ3v) is 5.93. The molecule has 0 radical (unpaired) electrons. The summed E-state index contributed by atoms with van der Waals surface area (Å²) in [6, 6.07) is 16.9. The van der Waals surface area contributed by atoms with Crippen molar-refractivity contribution in [3.8, 4) is 0 Å². The standard InChI is InChI=1S/C25H25FN2O3/c26-20-7-4-6-19(16-20)25(13-2-1-3-14-25)24(30)27-17-18-9-11-21(12-10-18)28-23(29)22-8-5-15-31-22/h4-12,15-16H,1-3,13-14,17H2,(H,27,30)(H,28,29). The second-order valence-electron chi connectivity index (χ2n) is 7.96. The SMILES string of the molecule is O=C(Nc1ccc(CNC(=O)C2(c3cccc(F)c3)CCCCC2)cc1)c1ccco1. The molecule has 0 aliphatic heterocycles. The third kappa shape index (κ3) is 4.68. The summed E-state index contributed by atoms with van der Waals surface area (Å²) in [5.41, 5.74) is 1.62. The molecule has 1 saturated carbocycles. The molecule has 1 heterocycles. The summed E-state index contributed by atoms with van der Waals surface area (Å²) in [5.74, 6) is -0.456. The fourth-order valence-electron chi connectivity index (χ4n) is 4.25. The average molecular weight is 420 g/mol. The molecule has 2 aromatic carbocycles. The van der Waals surface area contributed by atoms with Crippen molar-refractivity contribution in [3.63, 3.8) is 0 Å². The van der Waals surface area contributed by atoms with Crippen molar-refractivity contribution in [2.45, 2.75) is 44.1 Å². The van der Waals surface area contributed by atoms with Crippen LogP contribution in [0.1, 0.15) is 53.8 Å². The largest absolute Gasteiger partial charge is 0.459 e. The molecule has 5 nitrogen and oxygen atoms in total. The Morgan fingerprint density at radius 3 is 2.42 bits per heavy atom. The van der Waals surface area contributed by atoms with Crippen LogP contribution < -0.4 is 10.6 Å². The quantitative estimate of drug-likeness (QED) is 0.577. The zero-order valence-electron chi connectivity index (χ0n) is 17.2. The van der Waals surface area contributed by atoms with Crippen LogP contribution in [0.4, 0.5) is 10.1 Å². The predicted molar refractivity (Wildman–Crippen MR) is 116 cm³/mol. The molecule has 0 spiro atoms. The maximum absolute atomic E-state index is 13.9. The maximum atomic E-state index is 13.9. The molecule has 4 rings (SSSR count). The van der Waals surface area contributed by atoms with Crippen LogP contribution in [0.5, 0.6) is 0 Å². The molecule has 0 bridgehead atoms. The average Bonchev–Trinajstić information content (AvgIpc) is 3.34. The van der Waals surface area contributed by atoms with Gasteiger partial charge in [-0.1, -0.05) is 43.5 Å². The van der Waals surface area contributed by atoms with Crippen molar-refractivity contribution in [3.05, 3.63) is 89.6 Å². The number of rotatable bonds is 6. The number of hydrogen-bond donors (Lipinski definition) is 2. The van der Waals surface area contributed by atoms with Gasteiger partial charge in [0.05, 0.1) is 11.7 Å². The molecule has 160 valence electrons. The molecule has 31 heavy (non-hydrogen) atoms. The molecule has 0 saturated heterocycles. The van der Waals surface area contributed by atoms with E-state index in [1.54, 1.807) is 30.3 Å². The molecule has 2 N–H and O–H groups in total. The lowest BCUT2D eigenvalue weighted by Crippen LogP contribution is -2.45. The molecule has 6 heteroatoms. The van der Waals surface area contributed by atoms with Crippen LogP contribution in [0.2, 0.25) is 0 Å². The summed E-state index contributed by atoms with van der Waals surface area (Å²) in [5, 5.41) is 5.81. The Morgan fingerprint density at radius 2 is 1.74 bits per heavy atom. The minimum Gasteiger partial charge on any atom is -0.459 e. The van der Waals surface area contributed by atoms with E-state index in [4.69, 9.17) is 4.42 Å². The molecule has 1 aromatic heterocycles. The van der Waals surface area contributed by atoms with E-state index in [-0.39, 0.29) is 23.4 Å². The van der Waals surface area contributed by atoms with Gasteiger partial charge in [0.1, 0.15) is 5.82 Å². The van der Waals surface area contributed by atoms with Crippen molar-refractivity contribution in [2.24, 2.45) is 0 Å². The van der Waals surface area contributed by atoms with Gasteiger partial charge in [0, 0.05) is 12.2 Å². The Labute approximate surface area is 180 Å². The summed E-state index contributed by atoms with van der Waals surface area (Å²) >= 11 is 0. The zero-order chi connectivity index (χ0) is 21.7. The van der Waals surface area contributed by atoms with Crippen LogP contribution in [0.15, 0.2) is 71.3 Å². The number of benzene rings is 2. The van der Waals surface area contributed by atoms with Gasteiger partial charge in [0.2, 0.25) is 5.91 Å². The minimum absolute atomic E-state index is 0.0620. The van der Waals surface area contributed by atoms with Gasteiger partial charge >= 0.3 is 0 Å². The topological polar surface area (TPSA) is 71.3 Å². The fourth-order valence-corrected chi connectivity index (χ4v) is 4.25. The summed E-state index contributed by atoms with van der Waals surface area (Å²) in [4.78, 5) is 25.3. The van der Waals surface area contributed by atoms with Crippen molar-refractivity contribution in [1.29, 1.82) is 0 Å². The molecular weight excluding hydrogens is 395 g/mol. The molecular formula is C25H25FN2O3. The summed E-state index contributed by atoms with van der Waals surface area (Å²) in [6.45, 7) is 0.363. The van der Waals surface area contributed by atoms with Gasteiger partial charge in [0.25, 0.3) is 5.91 Å². The first-order valence-corrected chi connectivity index (χ1v) is 10.5. The molecule has 1 fully saturated rings. The lowest BCUT2D eigenvalue weighted by molar-refractivity contribution is -0.128. The Balaban J connectivity index is 1.41. The Hall–Kier alpha value is -3.41. The van der Waals surface area contributed by atoms with Crippen LogP contribution in [-0.2, 0) is 16.8 Å². The van der Waals surface area contributed by atoms with Gasteiger partial charge in [0.15, 0.2) is 5.76 Å². The second kappa shape index (κ2) is 9.16. The van der Waals surface area contributed by atoms with Gasteiger partial charge in [-0.3, -0.25) is 9.59 Å². The fraction of sp³-hybridized carbons (Fsp3) is 0.280. The molecule has 2 amide bonds. The van der Waals surface area contributed by atoms with Crippen LogP contribution in [0, 0.1) is 5.82 Å². The lowest BCUT2D eigenvalue weighted by Gasteiger charge is -2.36. The van der Waals surface area contributed by atoms with E-state index in [2.05, 4.69) is 10.6 Å². The first-order chi connectivity index (χ1) is 15.1. The number of hydrogen-bond acceptors (Lipinski definition) is 3. The van der Waals surface area contributed by atoms with Crippen molar-refractivity contribution in [1.82, 2.24) is 5.32 Å².